The Morgan fingerprint density at radius 2 is 2.39 bits per heavy atom. The summed E-state index contributed by atoms with van der Waals surface area (Å²) in [4.78, 5) is 17.8. The van der Waals surface area contributed by atoms with E-state index in [0.29, 0.717) is 18.9 Å². The first-order valence-corrected chi connectivity index (χ1v) is 5.88. The maximum atomic E-state index is 12.2. The molecule has 1 aliphatic heterocycles. The van der Waals surface area contributed by atoms with Crippen molar-refractivity contribution in [3.05, 3.63) is 11.6 Å². The zero-order chi connectivity index (χ0) is 13.3. The molecule has 1 atom stereocenters. The maximum absolute atomic E-state index is 12.2. The second-order valence-electron chi connectivity index (χ2n) is 5.11. The molecule has 1 aliphatic rings. The van der Waals surface area contributed by atoms with Gasteiger partial charge >= 0.3 is 0 Å². The fourth-order valence-electron chi connectivity index (χ4n) is 2.13. The van der Waals surface area contributed by atoms with Gasteiger partial charge in [0.25, 0.3) is 5.91 Å². The molecule has 0 bridgehead atoms. The molecule has 1 saturated heterocycles. The number of amides is 1. The predicted molar refractivity (Wildman–Crippen MR) is 63.1 cm³/mol. The number of aryl methyl sites for hydroxylation is 1. The number of aliphatic hydroxyl groups excluding tert-OH is 1. The van der Waals surface area contributed by atoms with Gasteiger partial charge in [-0.15, -0.1) is 5.10 Å². The smallest absolute Gasteiger partial charge is 0.293 e. The van der Waals surface area contributed by atoms with Gasteiger partial charge in [0.2, 0.25) is 5.82 Å². The van der Waals surface area contributed by atoms with E-state index in [2.05, 4.69) is 15.2 Å². The fraction of sp³-hybridized carbons (Fsp3) is 0.727. The van der Waals surface area contributed by atoms with E-state index in [-0.39, 0.29) is 24.4 Å². The average molecular weight is 254 g/mol. The van der Waals surface area contributed by atoms with Crippen molar-refractivity contribution in [1.29, 1.82) is 0 Å². The molecule has 1 aromatic rings. The second-order valence-corrected chi connectivity index (χ2v) is 5.11. The second kappa shape index (κ2) is 4.66. The minimum Gasteiger partial charge on any atom is -0.394 e. The van der Waals surface area contributed by atoms with Crippen LogP contribution in [0.3, 0.4) is 0 Å². The van der Waals surface area contributed by atoms with Crippen LogP contribution in [0, 0.1) is 6.92 Å². The van der Waals surface area contributed by atoms with Gasteiger partial charge in [-0.3, -0.25) is 9.89 Å². The van der Waals surface area contributed by atoms with Gasteiger partial charge in [0.15, 0.2) is 0 Å². The Morgan fingerprint density at radius 1 is 1.67 bits per heavy atom. The van der Waals surface area contributed by atoms with Crippen molar-refractivity contribution in [1.82, 2.24) is 20.1 Å². The number of nitrogens with zero attached hydrogens (tertiary/aromatic N) is 3. The summed E-state index contributed by atoms with van der Waals surface area (Å²) in [6.07, 6.45) is -0.363. The predicted octanol–water partition coefficient (Wildman–Crippen LogP) is -0.275. The number of carbonyl (C=O) groups is 1. The molecule has 0 radical (unpaired) electrons. The minimum atomic E-state index is -0.480. The van der Waals surface area contributed by atoms with Crippen LogP contribution in [0.2, 0.25) is 0 Å². The van der Waals surface area contributed by atoms with E-state index in [1.54, 1.807) is 11.8 Å². The number of aromatic nitrogens is 3. The van der Waals surface area contributed by atoms with Crippen LogP contribution in [-0.4, -0.2) is 62.5 Å². The summed E-state index contributed by atoms with van der Waals surface area (Å²) in [6.45, 7) is 6.21. The molecule has 2 heterocycles. The summed E-state index contributed by atoms with van der Waals surface area (Å²) in [5, 5.41) is 15.7. The number of nitrogens with one attached hydrogen (secondary N) is 1. The van der Waals surface area contributed by atoms with E-state index in [1.165, 1.54) is 0 Å². The topological polar surface area (TPSA) is 91.3 Å². The van der Waals surface area contributed by atoms with E-state index in [4.69, 9.17) is 4.74 Å². The van der Waals surface area contributed by atoms with E-state index in [0.717, 1.165) is 0 Å². The summed E-state index contributed by atoms with van der Waals surface area (Å²) < 4.78 is 5.65. The number of ether oxygens (including phenoxy) is 1. The molecule has 0 aromatic carbocycles. The molecule has 1 fully saturated rings. The molecule has 2 rings (SSSR count). The van der Waals surface area contributed by atoms with Crippen LogP contribution in [0.15, 0.2) is 0 Å². The van der Waals surface area contributed by atoms with Crippen LogP contribution in [0.5, 0.6) is 0 Å². The SMILES string of the molecule is Cc1nc(C(=O)N2CC(CO)OC(C)(C)C2)n[nH]1. The van der Waals surface area contributed by atoms with Crippen LogP contribution in [0.4, 0.5) is 0 Å². The number of morpholine rings is 1. The van der Waals surface area contributed by atoms with Crippen LogP contribution in [0.1, 0.15) is 30.3 Å². The van der Waals surface area contributed by atoms with Crippen molar-refractivity contribution in [2.24, 2.45) is 0 Å². The number of H-pyrrole nitrogens is 1. The van der Waals surface area contributed by atoms with Crippen LogP contribution < -0.4 is 0 Å². The van der Waals surface area contributed by atoms with Crippen LogP contribution in [0.25, 0.3) is 0 Å². The third-order valence-electron chi connectivity index (χ3n) is 2.76. The van der Waals surface area contributed by atoms with Crippen LogP contribution in [-0.2, 0) is 4.74 Å². The van der Waals surface area contributed by atoms with E-state index in [9.17, 15) is 9.90 Å². The average Bonchev–Trinajstić information content (AvgIpc) is 2.72. The van der Waals surface area contributed by atoms with Gasteiger partial charge < -0.3 is 14.7 Å². The minimum absolute atomic E-state index is 0.111. The monoisotopic (exact) mass is 254 g/mol. The lowest BCUT2D eigenvalue weighted by Gasteiger charge is -2.41. The highest BCUT2D eigenvalue weighted by Gasteiger charge is 2.36. The quantitative estimate of drug-likeness (QED) is 0.757. The maximum Gasteiger partial charge on any atom is 0.293 e. The molecule has 1 unspecified atom stereocenters. The van der Waals surface area contributed by atoms with Gasteiger partial charge in [0.1, 0.15) is 5.82 Å². The normalized spacial score (nSPS) is 23.1. The third-order valence-corrected chi connectivity index (χ3v) is 2.76. The number of hydrogen-bond acceptors (Lipinski definition) is 5. The Hall–Kier alpha value is -1.47. The molecule has 100 valence electrons. The Balaban J connectivity index is 2.14. The zero-order valence-corrected chi connectivity index (χ0v) is 10.8. The van der Waals surface area contributed by atoms with Gasteiger partial charge in [-0.2, -0.15) is 0 Å². The molecule has 1 aromatic heterocycles. The molecule has 0 aliphatic carbocycles. The molecular formula is C11H18N4O3. The summed E-state index contributed by atoms with van der Waals surface area (Å²) in [5.74, 6) is 0.514. The van der Waals surface area contributed by atoms with Crippen molar-refractivity contribution >= 4 is 5.91 Å². The molecule has 7 nitrogen and oxygen atoms in total. The van der Waals surface area contributed by atoms with Crippen LogP contribution >= 0.6 is 0 Å². The lowest BCUT2D eigenvalue weighted by molar-refractivity contribution is -0.139. The molecule has 18 heavy (non-hydrogen) atoms. The van der Waals surface area contributed by atoms with Crippen molar-refractivity contribution in [3.8, 4) is 0 Å². The summed E-state index contributed by atoms with van der Waals surface area (Å²) in [6, 6.07) is 0. The fourth-order valence-corrected chi connectivity index (χ4v) is 2.13. The first-order chi connectivity index (χ1) is 8.41. The number of hydrogen-bond donors (Lipinski definition) is 2. The van der Waals surface area contributed by atoms with Gasteiger partial charge in [-0.1, -0.05) is 0 Å². The molecular weight excluding hydrogens is 236 g/mol. The summed E-state index contributed by atoms with van der Waals surface area (Å²) in [5.41, 5.74) is -0.480. The summed E-state index contributed by atoms with van der Waals surface area (Å²) >= 11 is 0. The number of rotatable bonds is 2. The van der Waals surface area contributed by atoms with Gasteiger partial charge in [-0.25, -0.2) is 4.98 Å². The highest BCUT2D eigenvalue weighted by Crippen LogP contribution is 2.21. The Morgan fingerprint density at radius 3 is 2.94 bits per heavy atom. The number of aliphatic hydroxyl groups is 1. The van der Waals surface area contributed by atoms with E-state index < -0.39 is 5.60 Å². The van der Waals surface area contributed by atoms with Crippen molar-refractivity contribution < 1.29 is 14.6 Å². The highest BCUT2D eigenvalue weighted by molar-refractivity contribution is 5.90. The van der Waals surface area contributed by atoms with E-state index in [1.807, 2.05) is 13.8 Å². The molecule has 0 spiro atoms. The van der Waals surface area contributed by atoms with Gasteiger partial charge in [0, 0.05) is 13.1 Å². The zero-order valence-electron chi connectivity index (χ0n) is 10.8. The number of aromatic amines is 1. The van der Waals surface area contributed by atoms with Gasteiger partial charge in [-0.05, 0) is 20.8 Å². The van der Waals surface area contributed by atoms with Crippen molar-refractivity contribution in [2.45, 2.75) is 32.5 Å². The van der Waals surface area contributed by atoms with Gasteiger partial charge in [0.05, 0.1) is 18.3 Å². The molecule has 7 heteroatoms. The number of carbonyl (C=O) groups excluding carboxylic acids is 1. The molecule has 2 N–H and O–H groups in total. The van der Waals surface area contributed by atoms with Crippen molar-refractivity contribution in [3.63, 3.8) is 0 Å². The lowest BCUT2D eigenvalue weighted by Crippen LogP contribution is -2.55. The highest BCUT2D eigenvalue weighted by atomic mass is 16.5. The first kappa shape index (κ1) is 13.0. The largest absolute Gasteiger partial charge is 0.394 e. The third kappa shape index (κ3) is 2.68. The molecule has 1 amide bonds. The Kier molecular flexibility index (Phi) is 3.36. The molecule has 0 saturated carbocycles. The first-order valence-electron chi connectivity index (χ1n) is 5.88. The lowest BCUT2D eigenvalue weighted by atomic mass is 10.1. The summed E-state index contributed by atoms with van der Waals surface area (Å²) in [7, 11) is 0. The van der Waals surface area contributed by atoms with E-state index >= 15 is 0 Å². The Bertz CT molecular complexity index is 443. The standard InChI is InChI=1S/C11H18N4O3/c1-7-12-9(14-13-7)10(17)15-4-8(5-16)18-11(2,3)6-15/h8,16H,4-6H2,1-3H3,(H,12,13,14). The Labute approximate surface area is 105 Å². The van der Waals surface area contributed by atoms with Crippen molar-refractivity contribution in [2.75, 3.05) is 19.7 Å².